The summed E-state index contributed by atoms with van der Waals surface area (Å²) in [5.74, 6) is -0.581. The van der Waals surface area contributed by atoms with E-state index in [4.69, 9.17) is 4.74 Å². The molecule has 0 aromatic rings. The van der Waals surface area contributed by atoms with Crippen molar-refractivity contribution in [2.45, 2.75) is 39.7 Å². The van der Waals surface area contributed by atoms with Crippen molar-refractivity contribution in [3.63, 3.8) is 0 Å². The second kappa shape index (κ2) is 6.92. The fourth-order valence-electron chi connectivity index (χ4n) is 2.28. The normalized spacial score (nSPS) is 18.4. The maximum atomic E-state index is 12.1. The second-order valence-corrected chi connectivity index (χ2v) is 6.52. The van der Waals surface area contributed by atoms with E-state index < -0.39 is 17.4 Å². The minimum atomic E-state index is -1.01. The van der Waals surface area contributed by atoms with Crippen LogP contribution in [0, 0.1) is 11.3 Å². The third-order valence-electron chi connectivity index (χ3n) is 3.60. The summed E-state index contributed by atoms with van der Waals surface area (Å²) in [6.45, 7) is 7.49. The lowest BCUT2D eigenvalue weighted by molar-refractivity contribution is -0.142. The number of carboxylic acids is 1. The Hall–Kier alpha value is -1.30. The fraction of sp³-hybridized carbons (Fsp3) is 0.857. The van der Waals surface area contributed by atoms with E-state index in [1.165, 1.54) is 0 Å². The van der Waals surface area contributed by atoms with Gasteiger partial charge in [-0.3, -0.25) is 0 Å². The molecule has 1 rings (SSSR count). The van der Waals surface area contributed by atoms with Crippen LogP contribution in [-0.2, 0) is 9.53 Å². The molecule has 6 heteroatoms. The van der Waals surface area contributed by atoms with Crippen LogP contribution in [-0.4, -0.2) is 54.9 Å². The number of aliphatic carboxylic acids is 1. The average Bonchev–Trinajstić information content (AvgIpc) is 2.34. The lowest BCUT2D eigenvalue weighted by Crippen LogP contribution is -2.53. The van der Waals surface area contributed by atoms with Crippen molar-refractivity contribution in [3.8, 4) is 0 Å². The van der Waals surface area contributed by atoms with Gasteiger partial charge in [0.1, 0.15) is 6.04 Å². The van der Waals surface area contributed by atoms with Crippen molar-refractivity contribution < 1.29 is 19.4 Å². The molecule has 1 fully saturated rings. The molecule has 0 saturated carbocycles. The number of rotatable bonds is 4. The number of amides is 2. The Balaban J connectivity index is 2.53. The third-order valence-corrected chi connectivity index (χ3v) is 3.60. The van der Waals surface area contributed by atoms with Crippen LogP contribution in [0.1, 0.15) is 33.6 Å². The topological polar surface area (TPSA) is 78.9 Å². The molecule has 1 unspecified atom stereocenters. The highest BCUT2D eigenvalue weighted by Gasteiger charge is 2.33. The molecule has 6 nitrogen and oxygen atoms in total. The van der Waals surface area contributed by atoms with E-state index in [0.717, 1.165) is 26.1 Å². The summed E-state index contributed by atoms with van der Waals surface area (Å²) in [7, 11) is 1.70. The zero-order valence-corrected chi connectivity index (χ0v) is 12.8. The van der Waals surface area contributed by atoms with E-state index in [1.54, 1.807) is 32.7 Å². The van der Waals surface area contributed by atoms with Crippen molar-refractivity contribution in [2.24, 2.45) is 11.3 Å². The molecule has 2 amide bonds. The number of carbonyl (C=O) groups is 2. The fourth-order valence-corrected chi connectivity index (χ4v) is 2.28. The van der Waals surface area contributed by atoms with Gasteiger partial charge in [0.05, 0.1) is 0 Å². The van der Waals surface area contributed by atoms with Gasteiger partial charge in [0, 0.05) is 26.8 Å². The van der Waals surface area contributed by atoms with Gasteiger partial charge in [-0.1, -0.05) is 20.8 Å². The van der Waals surface area contributed by atoms with E-state index in [1.807, 2.05) is 0 Å². The van der Waals surface area contributed by atoms with E-state index in [-0.39, 0.29) is 6.03 Å². The molecule has 1 aliphatic heterocycles. The maximum absolute atomic E-state index is 12.1. The first kappa shape index (κ1) is 16.8. The molecule has 1 saturated heterocycles. The first-order valence-corrected chi connectivity index (χ1v) is 7.04. The molecule has 20 heavy (non-hydrogen) atoms. The summed E-state index contributed by atoms with van der Waals surface area (Å²) in [5.41, 5.74) is -0.527. The number of carbonyl (C=O) groups excluding carboxylic acids is 1. The van der Waals surface area contributed by atoms with Gasteiger partial charge in [-0.25, -0.2) is 9.59 Å². The Morgan fingerprint density at radius 1 is 1.35 bits per heavy atom. The number of hydrogen-bond acceptors (Lipinski definition) is 3. The van der Waals surface area contributed by atoms with Crippen LogP contribution < -0.4 is 5.32 Å². The summed E-state index contributed by atoms with van der Waals surface area (Å²) < 4.78 is 5.29. The van der Waals surface area contributed by atoms with Crippen molar-refractivity contribution in [1.29, 1.82) is 0 Å². The van der Waals surface area contributed by atoms with Crippen molar-refractivity contribution in [2.75, 3.05) is 26.8 Å². The number of ether oxygens (including phenoxy) is 1. The maximum Gasteiger partial charge on any atom is 0.326 e. The van der Waals surface area contributed by atoms with Gasteiger partial charge < -0.3 is 20.1 Å². The van der Waals surface area contributed by atoms with Gasteiger partial charge in [-0.05, 0) is 24.2 Å². The summed E-state index contributed by atoms with van der Waals surface area (Å²) >= 11 is 0. The molecule has 0 aromatic carbocycles. The highest BCUT2D eigenvalue weighted by molar-refractivity contribution is 5.83. The number of urea groups is 1. The summed E-state index contributed by atoms with van der Waals surface area (Å²) in [5, 5.41) is 11.8. The predicted octanol–water partition coefficient (Wildman–Crippen LogP) is 1.55. The molecule has 0 aliphatic carbocycles. The van der Waals surface area contributed by atoms with E-state index in [2.05, 4.69) is 5.32 Å². The van der Waals surface area contributed by atoms with Gasteiger partial charge in [0.2, 0.25) is 0 Å². The minimum Gasteiger partial charge on any atom is -0.480 e. The van der Waals surface area contributed by atoms with Crippen molar-refractivity contribution >= 4 is 12.0 Å². The van der Waals surface area contributed by atoms with Crippen molar-refractivity contribution in [3.05, 3.63) is 0 Å². The smallest absolute Gasteiger partial charge is 0.326 e. The van der Waals surface area contributed by atoms with Gasteiger partial charge in [0.25, 0.3) is 0 Å². The van der Waals surface area contributed by atoms with Crippen LogP contribution in [0.25, 0.3) is 0 Å². The van der Waals surface area contributed by atoms with Crippen molar-refractivity contribution in [1.82, 2.24) is 10.2 Å². The van der Waals surface area contributed by atoms with Crippen LogP contribution in [0.15, 0.2) is 0 Å². The quantitative estimate of drug-likeness (QED) is 0.822. The van der Waals surface area contributed by atoms with Gasteiger partial charge in [-0.2, -0.15) is 0 Å². The number of carboxylic acid groups (broad SMARTS) is 1. The first-order chi connectivity index (χ1) is 9.21. The molecular weight excluding hydrogens is 260 g/mol. The van der Waals surface area contributed by atoms with Gasteiger partial charge in [-0.15, -0.1) is 0 Å². The Morgan fingerprint density at radius 2 is 1.90 bits per heavy atom. The molecule has 1 heterocycles. The highest BCUT2D eigenvalue weighted by Crippen LogP contribution is 2.20. The zero-order valence-electron chi connectivity index (χ0n) is 12.8. The van der Waals surface area contributed by atoms with E-state index in [0.29, 0.717) is 12.5 Å². The molecule has 116 valence electrons. The monoisotopic (exact) mass is 286 g/mol. The van der Waals surface area contributed by atoms with Crippen LogP contribution in [0.4, 0.5) is 4.79 Å². The molecule has 0 spiro atoms. The van der Waals surface area contributed by atoms with Crippen LogP contribution in [0.2, 0.25) is 0 Å². The zero-order chi connectivity index (χ0) is 15.3. The molecule has 0 radical (unpaired) electrons. The first-order valence-electron chi connectivity index (χ1n) is 7.04. The third kappa shape index (κ3) is 5.00. The largest absolute Gasteiger partial charge is 0.480 e. The summed E-state index contributed by atoms with van der Waals surface area (Å²) in [4.78, 5) is 24.9. The molecule has 0 aromatic heterocycles. The van der Waals surface area contributed by atoms with Crippen LogP contribution in [0.5, 0.6) is 0 Å². The molecular formula is C14H26N2O4. The Labute approximate surface area is 120 Å². The van der Waals surface area contributed by atoms with Crippen LogP contribution >= 0.6 is 0 Å². The standard InChI is InChI=1S/C14H26N2O4/c1-14(2,3)11(12(17)18)15-13(19)16(4)9-10-5-7-20-8-6-10/h10-11H,5-9H2,1-4H3,(H,15,19)(H,17,18). The SMILES string of the molecule is CN(CC1CCOCC1)C(=O)NC(C(=O)O)C(C)(C)C. The second-order valence-electron chi connectivity index (χ2n) is 6.52. The van der Waals surface area contributed by atoms with E-state index in [9.17, 15) is 14.7 Å². The minimum absolute atomic E-state index is 0.334. The summed E-state index contributed by atoms with van der Waals surface area (Å²) in [6, 6.07) is -1.23. The van der Waals surface area contributed by atoms with Gasteiger partial charge in [0.15, 0.2) is 0 Å². The predicted molar refractivity (Wildman–Crippen MR) is 75.6 cm³/mol. The summed E-state index contributed by atoms with van der Waals surface area (Å²) in [6.07, 6.45) is 1.89. The Bertz CT molecular complexity index is 346. The van der Waals surface area contributed by atoms with Gasteiger partial charge >= 0.3 is 12.0 Å². The Morgan fingerprint density at radius 3 is 2.35 bits per heavy atom. The molecule has 2 N–H and O–H groups in total. The highest BCUT2D eigenvalue weighted by atomic mass is 16.5. The lowest BCUT2D eigenvalue weighted by atomic mass is 9.87. The molecule has 1 aliphatic rings. The Kier molecular flexibility index (Phi) is 5.80. The number of nitrogens with zero attached hydrogens (tertiary/aromatic N) is 1. The molecule has 1 atom stereocenters. The average molecular weight is 286 g/mol. The number of hydrogen-bond donors (Lipinski definition) is 2. The van der Waals surface area contributed by atoms with Crippen LogP contribution in [0.3, 0.4) is 0 Å². The number of nitrogens with one attached hydrogen (secondary N) is 1. The van der Waals surface area contributed by atoms with E-state index >= 15 is 0 Å². The molecule has 0 bridgehead atoms. The lowest BCUT2D eigenvalue weighted by Gasteiger charge is -2.31.